The average molecular weight is 678 g/mol. The summed E-state index contributed by atoms with van der Waals surface area (Å²) >= 11 is 5.98. The quantitative estimate of drug-likeness (QED) is 0.196. The van der Waals surface area contributed by atoms with Crippen LogP contribution in [-0.4, -0.2) is 44.5 Å². The number of benzene rings is 4. The molecular weight excluding hydrogens is 644 g/mol. The van der Waals surface area contributed by atoms with E-state index in [2.05, 4.69) is 10.8 Å². The Labute approximate surface area is 278 Å². The molecule has 1 saturated heterocycles. The standard InChI is InChI=1S/C36H34ClF2N3O4S/c37-30-13-7-26(8-14-30)25-5-11-29(12-6-25)36(38,39)34(35(43)42-19-17-24(23-40)18-20-42)41-47(44,45)33-16-10-27-21-32(15-9-28(27)22-33)46-31-3-1-2-4-31/h5-16,21-22,24,31,34,41H,1-4,17-20H2/t34-/m0/s1. The Morgan fingerprint density at radius 2 is 1.49 bits per heavy atom. The molecular formula is C36H34ClF2N3O4S. The lowest BCUT2D eigenvalue weighted by atomic mass is 9.95. The van der Waals surface area contributed by atoms with Gasteiger partial charge >= 0.3 is 0 Å². The Bertz CT molecular complexity index is 1900. The Kier molecular flexibility index (Phi) is 9.51. The number of hydrogen-bond donors (Lipinski definition) is 1. The van der Waals surface area contributed by atoms with Crippen LogP contribution in [0.25, 0.3) is 21.9 Å². The summed E-state index contributed by atoms with van der Waals surface area (Å²) in [5, 5.41) is 11.1. The van der Waals surface area contributed by atoms with Crippen molar-refractivity contribution in [1.29, 1.82) is 5.26 Å². The minimum atomic E-state index is -4.60. The second kappa shape index (κ2) is 13.6. The van der Waals surface area contributed by atoms with E-state index in [1.807, 2.05) is 6.07 Å². The fourth-order valence-electron chi connectivity index (χ4n) is 6.25. The van der Waals surface area contributed by atoms with E-state index in [1.165, 1.54) is 41.3 Å². The fraction of sp³-hybridized carbons (Fsp3) is 0.333. The second-order valence-corrected chi connectivity index (χ2v) is 14.3. The third kappa shape index (κ3) is 7.28. The van der Waals surface area contributed by atoms with Gasteiger partial charge in [0.15, 0.2) is 6.04 Å². The molecule has 47 heavy (non-hydrogen) atoms. The third-order valence-electron chi connectivity index (χ3n) is 9.02. The molecule has 1 N–H and O–H groups in total. The van der Waals surface area contributed by atoms with E-state index in [9.17, 15) is 18.5 Å². The molecule has 1 aliphatic carbocycles. The van der Waals surface area contributed by atoms with Crippen molar-refractivity contribution in [1.82, 2.24) is 9.62 Å². The van der Waals surface area contributed by atoms with Crippen LogP contribution in [0.5, 0.6) is 5.75 Å². The maximum Gasteiger partial charge on any atom is 0.298 e. The molecule has 1 saturated carbocycles. The molecule has 4 aromatic rings. The van der Waals surface area contributed by atoms with E-state index in [0.29, 0.717) is 34.6 Å². The Morgan fingerprint density at radius 1 is 0.894 bits per heavy atom. The SMILES string of the molecule is N#CC1CCN(C(=O)[C@H](NS(=O)(=O)c2ccc3cc(OC4CCCC4)ccc3c2)C(F)(F)c2ccc(-c3ccc(Cl)cc3)cc2)CC1. The molecule has 0 aromatic heterocycles. The number of fused-ring (bicyclic) bond motifs is 1. The van der Waals surface area contributed by atoms with Gasteiger partial charge in [-0.25, -0.2) is 8.42 Å². The fourth-order valence-corrected chi connectivity index (χ4v) is 7.60. The Balaban J connectivity index is 1.29. The van der Waals surface area contributed by atoms with Gasteiger partial charge in [-0.1, -0.05) is 60.1 Å². The Hall–Kier alpha value is -4.04. The first-order valence-corrected chi connectivity index (χ1v) is 17.5. The van der Waals surface area contributed by atoms with E-state index in [4.69, 9.17) is 16.3 Å². The van der Waals surface area contributed by atoms with Gasteiger partial charge in [-0.2, -0.15) is 18.8 Å². The van der Waals surface area contributed by atoms with Crippen molar-refractivity contribution in [2.75, 3.05) is 13.1 Å². The first kappa shape index (κ1) is 32.9. The summed E-state index contributed by atoms with van der Waals surface area (Å²) in [5.41, 5.74) is 0.888. The van der Waals surface area contributed by atoms with Crippen molar-refractivity contribution in [2.45, 2.75) is 61.5 Å². The number of ether oxygens (including phenoxy) is 1. The number of alkyl halides is 2. The summed E-state index contributed by atoms with van der Waals surface area (Å²) in [6, 6.07) is 21.7. The summed E-state index contributed by atoms with van der Waals surface area (Å²) in [6.07, 6.45) is 5.04. The van der Waals surface area contributed by atoms with Crippen LogP contribution in [0.2, 0.25) is 5.02 Å². The van der Waals surface area contributed by atoms with E-state index in [1.54, 1.807) is 42.5 Å². The minimum Gasteiger partial charge on any atom is -0.490 e. The molecule has 1 amide bonds. The summed E-state index contributed by atoms with van der Waals surface area (Å²) in [6.45, 7) is 0.143. The molecule has 1 heterocycles. The molecule has 244 valence electrons. The minimum absolute atomic E-state index is 0.0715. The summed E-state index contributed by atoms with van der Waals surface area (Å²) < 4.78 is 68.4. The van der Waals surface area contributed by atoms with Crippen molar-refractivity contribution in [2.24, 2.45) is 5.92 Å². The van der Waals surface area contributed by atoms with E-state index in [0.717, 1.165) is 36.6 Å². The number of nitriles is 1. The highest BCUT2D eigenvalue weighted by molar-refractivity contribution is 7.89. The van der Waals surface area contributed by atoms with Gasteiger partial charge in [0.1, 0.15) is 5.75 Å². The van der Waals surface area contributed by atoms with Gasteiger partial charge in [0.25, 0.3) is 5.92 Å². The van der Waals surface area contributed by atoms with Crippen LogP contribution in [0.15, 0.2) is 89.8 Å². The van der Waals surface area contributed by atoms with Crippen LogP contribution in [0, 0.1) is 17.2 Å². The molecule has 2 fully saturated rings. The van der Waals surface area contributed by atoms with Crippen molar-refractivity contribution < 1.29 is 26.7 Å². The zero-order valence-corrected chi connectivity index (χ0v) is 27.1. The third-order valence-corrected chi connectivity index (χ3v) is 10.7. The lowest BCUT2D eigenvalue weighted by Crippen LogP contribution is -2.57. The van der Waals surface area contributed by atoms with Gasteiger partial charge in [0, 0.05) is 29.6 Å². The Morgan fingerprint density at radius 3 is 2.13 bits per heavy atom. The van der Waals surface area contributed by atoms with E-state index >= 15 is 8.78 Å². The molecule has 0 unspecified atom stereocenters. The molecule has 1 atom stereocenters. The maximum atomic E-state index is 16.4. The molecule has 6 rings (SSSR count). The van der Waals surface area contributed by atoms with Crippen LogP contribution in [0.1, 0.15) is 44.1 Å². The number of likely N-dealkylation sites (tertiary alicyclic amines) is 1. The van der Waals surface area contributed by atoms with Crippen LogP contribution in [-0.2, 0) is 20.7 Å². The second-order valence-electron chi connectivity index (χ2n) is 12.2. The van der Waals surface area contributed by atoms with Crippen LogP contribution >= 0.6 is 11.6 Å². The average Bonchev–Trinajstić information content (AvgIpc) is 3.60. The molecule has 1 aliphatic heterocycles. The highest BCUT2D eigenvalue weighted by Gasteiger charge is 2.50. The number of halogens is 3. The van der Waals surface area contributed by atoms with Crippen LogP contribution < -0.4 is 9.46 Å². The maximum absolute atomic E-state index is 16.4. The monoisotopic (exact) mass is 677 g/mol. The number of carbonyl (C=O) groups excluding carboxylic acids is 1. The zero-order valence-electron chi connectivity index (χ0n) is 25.5. The van der Waals surface area contributed by atoms with Gasteiger partial charge in [-0.3, -0.25) is 4.79 Å². The topological polar surface area (TPSA) is 99.5 Å². The van der Waals surface area contributed by atoms with Crippen molar-refractivity contribution in [3.63, 3.8) is 0 Å². The molecule has 2 aliphatic rings. The number of nitrogens with zero attached hydrogens (tertiary/aromatic N) is 2. The van der Waals surface area contributed by atoms with Gasteiger partial charge in [-0.15, -0.1) is 0 Å². The predicted molar refractivity (Wildman–Crippen MR) is 177 cm³/mol. The number of carbonyl (C=O) groups is 1. The highest BCUT2D eigenvalue weighted by Crippen LogP contribution is 2.36. The number of amides is 1. The molecule has 0 radical (unpaired) electrons. The van der Waals surface area contributed by atoms with Gasteiger partial charge in [0.2, 0.25) is 15.9 Å². The molecule has 11 heteroatoms. The molecule has 7 nitrogen and oxygen atoms in total. The number of hydrogen-bond acceptors (Lipinski definition) is 5. The van der Waals surface area contributed by atoms with Gasteiger partial charge < -0.3 is 9.64 Å². The van der Waals surface area contributed by atoms with Gasteiger partial charge in [0.05, 0.1) is 17.1 Å². The van der Waals surface area contributed by atoms with Gasteiger partial charge in [-0.05, 0) is 96.8 Å². The van der Waals surface area contributed by atoms with Crippen molar-refractivity contribution in [3.05, 3.63) is 95.5 Å². The summed E-state index contributed by atoms with van der Waals surface area (Å²) in [4.78, 5) is 14.7. The number of nitrogens with one attached hydrogen (secondary N) is 1. The summed E-state index contributed by atoms with van der Waals surface area (Å²) in [5.74, 6) is -4.58. The summed E-state index contributed by atoms with van der Waals surface area (Å²) in [7, 11) is -4.60. The van der Waals surface area contributed by atoms with Crippen LogP contribution in [0.3, 0.4) is 0 Å². The first-order chi connectivity index (χ1) is 22.5. The number of sulfonamides is 1. The smallest absolute Gasteiger partial charge is 0.298 e. The highest BCUT2D eigenvalue weighted by atomic mass is 35.5. The van der Waals surface area contributed by atoms with Crippen LogP contribution in [0.4, 0.5) is 8.78 Å². The lowest BCUT2D eigenvalue weighted by Gasteiger charge is -2.35. The first-order valence-electron chi connectivity index (χ1n) is 15.7. The predicted octanol–water partition coefficient (Wildman–Crippen LogP) is 7.68. The zero-order chi connectivity index (χ0) is 33.2. The number of rotatable bonds is 9. The molecule has 4 aromatic carbocycles. The normalized spacial score (nSPS) is 17.0. The number of piperidine rings is 1. The largest absolute Gasteiger partial charge is 0.490 e. The van der Waals surface area contributed by atoms with Crippen molar-refractivity contribution in [3.8, 4) is 22.9 Å². The molecule has 0 bridgehead atoms. The van der Waals surface area contributed by atoms with Crippen molar-refractivity contribution >= 4 is 38.3 Å². The lowest BCUT2D eigenvalue weighted by molar-refractivity contribution is -0.145. The molecule has 0 spiro atoms. The van der Waals surface area contributed by atoms with E-state index in [-0.39, 0.29) is 30.0 Å². The van der Waals surface area contributed by atoms with E-state index < -0.39 is 33.5 Å².